The standard InChI is InChI=1S/C20H13F2N3O/c21-15-4-1-5-16(22)20(15)18-8-9-19(26)25(24-18)12-13-6-7-17-14(11-13)3-2-10-23-17/h1-11H,12H2. The minimum Gasteiger partial charge on any atom is -0.268 e. The number of hydrogen-bond donors (Lipinski definition) is 0. The van der Waals surface area contributed by atoms with Crippen LogP contribution in [0.3, 0.4) is 0 Å². The second-order valence-corrected chi connectivity index (χ2v) is 5.84. The van der Waals surface area contributed by atoms with E-state index in [0.717, 1.165) is 28.6 Å². The quantitative estimate of drug-likeness (QED) is 0.565. The van der Waals surface area contributed by atoms with E-state index < -0.39 is 11.6 Å². The van der Waals surface area contributed by atoms with Crippen molar-refractivity contribution in [3.05, 3.63) is 94.4 Å². The van der Waals surface area contributed by atoms with E-state index >= 15 is 0 Å². The summed E-state index contributed by atoms with van der Waals surface area (Å²) < 4.78 is 29.2. The van der Waals surface area contributed by atoms with E-state index in [-0.39, 0.29) is 23.4 Å². The smallest absolute Gasteiger partial charge is 0.267 e. The Balaban J connectivity index is 1.75. The number of fused-ring (bicyclic) bond motifs is 1. The van der Waals surface area contributed by atoms with E-state index in [2.05, 4.69) is 10.1 Å². The van der Waals surface area contributed by atoms with Gasteiger partial charge in [0.25, 0.3) is 5.56 Å². The number of halogens is 2. The molecule has 4 nitrogen and oxygen atoms in total. The summed E-state index contributed by atoms with van der Waals surface area (Å²) in [6.07, 6.45) is 1.71. The van der Waals surface area contributed by atoms with E-state index in [0.29, 0.717) is 0 Å². The molecular weight excluding hydrogens is 336 g/mol. The maximum absolute atomic E-state index is 14.0. The van der Waals surface area contributed by atoms with Gasteiger partial charge in [-0.15, -0.1) is 0 Å². The van der Waals surface area contributed by atoms with Gasteiger partial charge in [-0.3, -0.25) is 9.78 Å². The molecule has 0 atom stereocenters. The fraction of sp³-hybridized carbons (Fsp3) is 0.0500. The largest absolute Gasteiger partial charge is 0.268 e. The van der Waals surface area contributed by atoms with Gasteiger partial charge in [0.05, 0.1) is 23.3 Å². The summed E-state index contributed by atoms with van der Waals surface area (Å²) in [4.78, 5) is 16.4. The van der Waals surface area contributed by atoms with Crippen molar-refractivity contribution in [1.82, 2.24) is 14.8 Å². The zero-order valence-electron chi connectivity index (χ0n) is 13.6. The van der Waals surface area contributed by atoms with Crippen LogP contribution in [-0.4, -0.2) is 14.8 Å². The maximum atomic E-state index is 14.0. The van der Waals surface area contributed by atoms with Crippen LogP contribution in [0.15, 0.2) is 71.7 Å². The molecule has 0 saturated heterocycles. The number of benzene rings is 2. The third-order valence-electron chi connectivity index (χ3n) is 4.09. The van der Waals surface area contributed by atoms with Gasteiger partial charge in [-0.05, 0) is 42.0 Å². The molecule has 128 valence electrons. The lowest BCUT2D eigenvalue weighted by Gasteiger charge is -2.09. The molecule has 2 aromatic carbocycles. The molecule has 6 heteroatoms. The Labute approximate surface area is 147 Å². The fourth-order valence-electron chi connectivity index (χ4n) is 2.83. The Hall–Kier alpha value is -3.41. The highest BCUT2D eigenvalue weighted by molar-refractivity contribution is 5.78. The molecule has 2 aromatic heterocycles. The first-order chi connectivity index (χ1) is 12.6. The summed E-state index contributed by atoms with van der Waals surface area (Å²) in [7, 11) is 0. The molecule has 0 saturated carbocycles. The van der Waals surface area contributed by atoms with Crippen LogP contribution in [0.2, 0.25) is 0 Å². The molecule has 4 aromatic rings. The van der Waals surface area contributed by atoms with Gasteiger partial charge in [-0.2, -0.15) is 5.10 Å². The van der Waals surface area contributed by atoms with Crippen LogP contribution in [0, 0.1) is 11.6 Å². The van der Waals surface area contributed by atoms with Gasteiger partial charge in [0, 0.05) is 17.6 Å². The Kier molecular flexibility index (Phi) is 4.01. The topological polar surface area (TPSA) is 47.8 Å². The first-order valence-corrected chi connectivity index (χ1v) is 7.98. The van der Waals surface area contributed by atoms with Crippen molar-refractivity contribution in [3.8, 4) is 11.3 Å². The van der Waals surface area contributed by atoms with Gasteiger partial charge in [0.15, 0.2) is 0 Å². The van der Waals surface area contributed by atoms with E-state index in [1.54, 1.807) is 6.20 Å². The van der Waals surface area contributed by atoms with Crippen molar-refractivity contribution >= 4 is 10.9 Å². The van der Waals surface area contributed by atoms with E-state index in [1.165, 1.54) is 22.9 Å². The summed E-state index contributed by atoms with van der Waals surface area (Å²) in [5, 5.41) is 5.09. The van der Waals surface area contributed by atoms with Crippen molar-refractivity contribution in [2.75, 3.05) is 0 Å². The molecule has 2 heterocycles. The summed E-state index contributed by atoms with van der Waals surface area (Å²) >= 11 is 0. The molecule has 0 aliphatic heterocycles. The number of hydrogen-bond acceptors (Lipinski definition) is 3. The molecule has 26 heavy (non-hydrogen) atoms. The second-order valence-electron chi connectivity index (χ2n) is 5.84. The molecule has 4 rings (SSSR count). The minimum absolute atomic E-state index is 0.0719. The summed E-state index contributed by atoms with van der Waals surface area (Å²) in [5.41, 5.74) is 1.16. The third-order valence-corrected chi connectivity index (χ3v) is 4.09. The van der Waals surface area contributed by atoms with Crippen LogP contribution < -0.4 is 5.56 Å². The summed E-state index contributed by atoms with van der Waals surface area (Å²) in [6.45, 7) is 0.188. The van der Waals surface area contributed by atoms with Gasteiger partial charge in [0.1, 0.15) is 11.6 Å². The van der Waals surface area contributed by atoms with E-state index in [9.17, 15) is 13.6 Å². The highest BCUT2D eigenvalue weighted by Gasteiger charge is 2.13. The Morgan fingerprint density at radius 2 is 1.73 bits per heavy atom. The highest BCUT2D eigenvalue weighted by Crippen LogP contribution is 2.23. The van der Waals surface area contributed by atoms with Crippen molar-refractivity contribution in [2.24, 2.45) is 0 Å². The maximum Gasteiger partial charge on any atom is 0.267 e. The zero-order chi connectivity index (χ0) is 18.1. The Morgan fingerprint density at radius 1 is 0.923 bits per heavy atom. The molecule has 0 radical (unpaired) electrons. The molecule has 0 bridgehead atoms. The first kappa shape index (κ1) is 16.1. The predicted molar refractivity (Wildman–Crippen MR) is 94.7 cm³/mol. The van der Waals surface area contributed by atoms with Crippen LogP contribution in [0.4, 0.5) is 8.78 Å². The Morgan fingerprint density at radius 3 is 2.54 bits per heavy atom. The van der Waals surface area contributed by atoms with Crippen LogP contribution in [-0.2, 0) is 6.54 Å². The lowest BCUT2D eigenvalue weighted by molar-refractivity contribution is 0.583. The number of nitrogens with zero attached hydrogens (tertiary/aromatic N) is 3. The Bertz CT molecular complexity index is 1150. The van der Waals surface area contributed by atoms with Crippen molar-refractivity contribution in [1.29, 1.82) is 0 Å². The van der Waals surface area contributed by atoms with Gasteiger partial charge in [0.2, 0.25) is 0 Å². The molecular formula is C20H13F2N3O. The molecule has 0 aliphatic rings. The average Bonchev–Trinajstić information content (AvgIpc) is 2.64. The van der Waals surface area contributed by atoms with Crippen molar-refractivity contribution < 1.29 is 8.78 Å². The second kappa shape index (κ2) is 6.48. The zero-order valence-corrected chi connectivity index (χ0v) is 13.6. The molecule has 0 N–H and O–H groups in total. The summed E-state index contributed by atoms with van der Waals surface area (Å²) in [6, 6.07) is 15.6. The average molecular weight is 349 g/mol. The van der Waals surface area contributed by atoms with Crippen LogP contribution in [0.1, 0.15) is 5.56 Å². The van der Waals surface area contributed by atoms with Crippen LogP contribution in [0.5, 0.6) is 0 Å². The monoisotopic (exact) mass is 349 g/mol. The van der Waals surface area contributed by atoms with Crippen LogP contribution in [0.25, 0.3) is 22.2 Å². The first-order valence-electron chi connectivity index (χ1n) is 7.98. The normalized spacial score (nSPS) is 11.0. The molecule has 0 amide bonds. The molecule has 0 spiro atoms. The lowest BCUT2D eigenvalue weighted by atomic mass is 10.1. The number of pyridine rings is 1. The number of aromatic nitrogens is 3. The highest BCUT2D eigenvalue weighted by atomic mass is 19.1. The number of rotatable bonds is 3. The minimum atomic E-state index is -0.723. The van der Waals surface area contributed by atoms with Gasteiger partial charge in [-0.1, -0.05) is 18.2 Å². The molecule has 0 fully saturated rings. The molecule has 0 aliphatic carbocycles. The van der Waals surface area contributed by atoms with E-state index in [1.807, 2.05) is 30.3 Å². The SMILES string of the molecule is O=c1ccc(-c2c(F)cccc2F)nn1Cc1ccc2ncccc2c1. The van der Waals surface area contributed by atoms with Gasteiger partial charge >= 0.3 is 0 Å². The van der Waals surface area contributed by atoms with Crippen molar-refractivity contribution in [2.45, 2.75) is 6.54 Å². The van der Waals surface area contributed by atoms with Gasteiger partial charge in [-0.25, -0.2) is 13.5 Å². The molecule has 0 unspecified atom stereocenters. The van der Waals surface area contributed by atoms with Crippen molar-refractivity contribution in [3.63, 3.8) is 0 Å². The predicted octanol–water partition coefficient (Wildman–Crippen LogP) is 3.79. The summed E-state index contributed by atoms with van der Waals surface area (Å²) in [5.74, 6) is -1.45. The van der Waals surface area contributed by atoms with Crippen LogP contribution >= 0.6 is 0 Å². The fourth-order valence-corrected chi connectivity index (χ4v) is 2.83. The third kappa shape index (κ3) is 2.97. The van der Waals surface area contributed by atoms with E-state index in [4.69, 9.17) is 0 Å². The lowest BCUT2D eigenvalue weighted by Crippen LogP contribution is -2.23. The van der Waals surface area contributed by atoms with Gasteiger partial charge < -0.3 is 0 Å².